The van der Waals surface area contributed by atoms with Crippen molar-refractivity contribution in [1.82, 2.24) is 10.3 Å². The Balaban J connectivity index is 1.38. The molecular formula is C27H33N3O3. The second-order valence-corrected chi connectivity index (χ2v) is 9.23. The quantitative estimate of drug-likeness (QED) is 0.414. The van der Waals surface area contributed by atoms with Crippen LogP contribution in [0.15, 0.2) is 42.5 Å². The number of methoxy groups -OCH3 is 1. The molecule has 174 valence electrons. The number of aryl methyl sites for hydroxylation is 3. The molecular weight excluding hydrogens is 414 g/mol. The van der Waals surface area contributed by atoms with Crippen molar-refractivity contribution in [3.63, 3.8) is 0 Å². The minimum atomic E-state index is -0.0586. The Kier molecular flexibility index (Phi) is 6.72. The van der Waals surface area contributed by atoms with E-state index in [0.29, 0.717) is 23.9 Å². The summed E-state index contributed by atoms with van der Waals surface area (Å²) < 4.78 is 6.49. The topological polar surface area (TPSA) is 81.1 Å². The lowest BCUT2D eigenvalue weighted by atomic mass is 9.78. The SMILES string of the molecule is COc1ccccc1-c1[nH]c(C)cc1C(=O)NCC1CCC(c2cc(C)[n+]([O-])c(C)c2)CC1. The molecule has 1 aliphatic rings. The highest BCUT2D eigenvalue weighted by atomic mass is 16.5. The molecule has 0 atom stereocenters. The number of hydrogen-bond acceptors (Lipinski definition) is 3. The first-order valence-corrected chi connectivity index (χ1v) is 11.7. The van der Waals surface area contributed by atoms with Crippen LogP contribution >= 0.6 is 0 Å². The number of aromatic nitrogens is 2. The molecule has 0 bridgehead atoms. The maximum Gasteiger partial charge on any atom is 0.253 e. The predicted octanol–water partition coefficient (Wildman–Crippen LogP) is 4.95. The number of nitrogens with one attached hydrogen (secondary N) is 2. The Labute approximate surface area is 195 Å². The molecule has 3 aromatic rings. The van der Waals surface area contributed by atoms with E-state index < -0.39 is 0 Å². The number of para-hydroxylation sites is 1. The Morgan fingerprint density at radius 1 is 1.09 bits per heavy atom. The van der Waals surface area contributed by atoms with Crippen LogP contribution in [-0.4, -0.2) is 24.5 Å². The van der Waals surface area contributed by atoms with E-state index in [9.17, 15) is 10.0 Å². The third-order valence-corrected chi connectivity index (χ3v) is 6.83. The second-order valence-electron chi connectivity index (χ2n) is 9.23. The van der Waals surface area contributed by atoms with Crippen LogP contribution in [0, 0.1) is 31.9 Å². The van der Waals surface area contributed by atoms with Gasteiger partial charge in [-0.1, -0.05) is 12.1 Å². The van der Waals surface area contributed by atoms with Gasteiger partial charge in [-0.2, -0.15) is 4.73 Å². The van der Waals surface area contributed by atoms with Crippen LogP contribution < -0.4 is 14.8 Å². The summed E-state index contributed by atoms with van der Waals surface area (Å²) in [4.78, 5) is 16.4. The zero-order valence-corrected chi connectivity index (χ0v) is 19.9. The van der Waals surface area contributed by atoms with Gasteiger partial charge in [0.25, 0.3) is 5.91 Å². The Morgan fingerprint density at radius 2 is 1.76 bits per heavy atom. The summed E-state index contributed by atoms with van der Waals surface area (Å²) in [6.07, 6.45) is 4.30. The summed E-state index contributed by atoms with van der Waals surface area (Å²) in [6, 6.07) is 13.7. The summed E-state index contributed by atoms with van der Waals surface area (Å²) >= 11 is 0. The molecule has 6 nitrogen and oxygen atoms in total. The predicted molar refractivity (Wildman–Crippen MR) is 129 cm³/mol. The van der Waals surface area contributed by atoms with Gasteiger partial charge in [0.2, 0.25) is 0 Å². The fraction of sp³-hybridized carbons (Fsp3) is 0.407. The number of carbonyl (C=O) groups excluding carboxylic acids is 1. The first-order valence-electron chi connectivity index (χ1n) is 11.7. The van der Waals surface area contributed by atoms with E-state index in [4.69, 9.17) is 4.74 Å². The highest BCUT2D eigenvalue weighted by Crippen LogP contribution is 2.36. The zero-order valence-electron chi connectivity index (χ0n) is 19.9. The van der Waals surface area contributed by atoms with Crippen LogP contribution in [0.4, 0.5) is 0 Å². The van der Waals surface area contributed by atoms with Crippen LogP contribution in [0.5, 0.6) is 5.75 Å². The maximum atomic E-state index is 13.1. The van der Waals surface area contributed by atoms with Gasteiger partial charge < -0.3 is 20.2 Å². The van der Waals surface area contributed by atoms with Crippen molar-refractivity contribution in [3.05, 3.63) is 75.9 Å². The minimum Gasteiger partial charge on any atom is -0.618 e. The molecule has 2 aromatic heterocycles. The van der Waals surface area contributed by atoms with E-state index in [1.807, 2.05) is 63.2 Å². The van der Waals surface area contributed by atoms with Crippen LogP contribution in [0.1, 0.15) is 64.6 Å². The minimum absolute atomic E-state index is 0.0586. The maximum absolute atomic E-state index is 13.1. The lowest BCUT2D eigenvalue weighted by Crippen LogP contribution is -2.34. The largest absolute Gasteiger partial charge is 0.618 e. The second kappa shape index (κ2) is 9.69. The van der Waals surface area contributed by atoms with Gasteiger partial charge in [0, 0.05) is 43.8 Å². The molecule has 1 saturated carbocycles. The monoisotopic (exact) mass is 447 g/mol. The summed E-state index contributed by atoms with van der Waals surface area (Å²) in [5.74, 6) is 1.63. The number of aromatic amines is 1. The average Bonchev–Trinajstić information content (AvgIpc) is 3.22. The first-order chi connectivity index (χ1) is 15.9. The summed E-state index contributed by atoms with van der Waals surface area (Å²) in [5.41, 5.74) is 6.03. The van der Waals surface area contributed by atoms with Crippen molar-refractivity contribution in [3.8, 4) is 17.0 Å². The van der Waals surface area contributed by atoms with Crippen molar-refractivity contribution < 1.29 is 14.3 Å². The molecule has 1 amide bonds. The van der Waals surface area contributed by atoms with Gasteiger partial charge in [0.1, 0.15) is 5.75 Å². The molecule has 0 aliphatic heterocycles. The van der Waals surface area contributed by atoms with Crippen LogP contribution in [0.3, 0.4) is 0 Å². The van der Waals surface area contributed by atoms with Gasteiger partial charge in [-0.25, -0.2) is 0 Å². The molecule has 2 N–H and O–H groups in total. The van der Waals surface area contributed by atoms with E-state index in [2.05, 4.69) is 10.3 Å². The number of rotatable bonds is 6. The molecule has 1 fully saturated rings. The third kappa shape index (κ3) is 4.90. The van der Waals surface area contributed by atoms with Crippen molar-refractivity contribution in [2.75, 3.05) is 13.7 Å². The smallest absolute Gasteiger partial charge is 0.253 e. The van der Waals surface area contributed by atoms with Crippen molar-refractivity contribution in [2.45, 2.75) is 52.4 Å². The van der Waals surface area contributed by atoms with Gasteiger partial charge in [-0.05, 0) is 68.2 Å². The van der Waals surface area contributed by atoms with Gasteiger partial charge in [-0.3, -0.25) is 4.79 Å². The fourth-order valence-electron chi connectivity index (χ4n) is 5.02. The lowest BCUT2D eigenvalue weighted by Gasteiger charge is -2.29. The number of pyridine rings is 1. The van der Waals surface area contributed by atoms with E-state index >= 15 is 0 Å². The molecule has 0 saturated heterocycles. The number of carbonyl (C=O) groups is 1. The lowest BCUT2D eigenvalue weighted by molar-refractivity contribution is -0.619. The summed E-state index contributed by atoms with van der Waals surface area (Å²) in [5, 5.41) is 15.1. The van der Waals surface area contributed by atoms with Gasteiger partial charge >= 0.3 is 0 Å². The number of amides is 1. The number of nitrogens with zero attached hydrogens (tertiary/aromatic N) is 1. The fourth-order valence-corrected chi connectivity index (χ4v) is 5.02. The number of ether oxygens (including phenoxy) is 1. The van der Waals surface area contributed by atoms with Crippen LogP contribution in [-0.2, 0) is 0 Å². The van der Waals surface area contributed by atoms with Crippen LogP contribution in [0.25, 0.3) is 11.3 Å². The molecule has 0 spiro atoms. The highest BCUT2D eigenvalue weighted by Gasteiger charge is 2.25. The summed E-state index contributed by atoms with van der Waals surface area (Å²) in [6.45, 7) is 6.37. The highest BCUT2D eigenvalue weighted by molar-refractivity contribution is 6.01. The average molecular weight is 448 g/mol. The van der Waals surface area contributed by atoms with Crippen molar-refractivity contribution in [1.29, 1.82) is 0 Å². The van der Waals surface area contributed by atoms with E-state index in [1.165, 1.54) is 5.56 Å². The third-order valence-electron chi connectivity index (χ3n) is 6.83. The molecule has 4 rings (SSSR count). The Morgan fingerprint density at radius 3 is 2.42 bits per heavy atom. The molecule has 0 unspecified atom stereocenters. The van der Waals surface area contributed by atoms with E-state index in [1.54, 1.807) is 7.11 Å². The molecule has 1 aromatic carbocycles. The normalized spacial score (nSPS) is 18.2. The van der Waals surface area contributed by atoms with Crippen molar-refractivity contribution in [2.24, 2.45) is 5.92 Å². The summed E-state index contributed by atoms with van der Waals surface area (Å²) in [7, 11) is 1.64. The standard InChI is InChI=1S/C27H33N3O3/c1-17-13-24(26(29-17)23-7-5-6-8-25(23)33-4)27(31)28-16-20-9-11-21(12-10-20)22-14-18(2)30(32)19(3)15-22/h5-8,13-15,20-21,29H,9-12,16H2,1-4H3,(H,28,31). The van der Waals surface area contributed by atoms with Gasteiger partial charge in [0.15, 0.2) is 11.4 Å². The first kappa shape index (κ1) is 22.9. The van der Waals surface area contributed by atoms with E-state index in [0.717, 1.165) is 64.5 Å². The number of hydrogen-bond donors (Lipinski definition) is 2. The van der Waals surface area contributed by atoms with Crippen LogP contribution in [0.2, 0.25) is 0 Å². The molecule has 0 radical (unpaired) electrons. The zero-order chi connectivity index (χ0) is 23.5. The van der Waals surface area contributed by atoms with E-state index in [-0.39, 0.29) is 5.91 Å². The molecule has 33 heavy (non-hydrogen) atoms. The molecule has 1 aliphatic carbocycles. The van der Waals surface area contributed by atoms with Crippen molar-refractivity contribution >= 4 is 5.91 Å². The molecule has 6 heteroatoms. The van der Waals surface area contributed by atoms with Gasteiger partial charge in [0.05, 0.1) is 18.4 Å². The number of benzene rings is 1. The van der Waals surface area contributed by atoms with Gasteiger partial charge in [-0.15, -0.1) is 0 Å². The Hall–Kier alpha value is -3.28. The Bertz CT molecular complexity index is 1120. The number of H-pyrrole nitrogens is 1. The molecule has 2 heterocycles.